The van der Waals surface area contributed by atoms with E-state index in [-0.39, 0.29) is 11.4 Å². The Morgan fingerprint density at radius 3 is 2.95 bits per heavy atom. The Kier molecular flexibility index (Phi) is 4.10. The molecule has 1 heterocycles. The monoisotopic (exact) mass is 262 g/mol. The molecule has 0 atom stereocenters. The van der Waals surface area contributed by atoms with Crippen LogP contribution in [0.4, 0.5) is 0 Å². The quantitative estimate of drug-likeness (QED) is 0.896. The molecule has 1 fully saturated rings. The van der Waals surface area contributed by atoms with Gasteiger partial charge in [0.1, 0.15) is 5.75 Å². The molecule has 104 valence electrons. The summed E-state index contributed by atoms with van der Waals surface area (Å²) in [6.45, 7) is 6.69. The van der Waals surface area contributed by atoms with Crippen LogP contribution in [0.3, 0.4) is 0 Å². The lowest BCUT2D eigenvalue weighted by molar-refractivity contribution is -0.136. The summed E-state index contributed by atoms with van der Waals surface area (Å²) in [6, 6.07) is 7.70. The van der Waals surface area contributed by atoms with Gasteiger partial charge in [-0.15, -0.1) is 0 Å². The van der Waals surface area contributed by atoms with E-state index in [2.05, 4.69) is 19.2 Å². The Hall–Kier alpha value is -1.55. The van der Waals surface area contributed by atoms with E-state index in [1.807, 2.05) is 29.2 Å². The molecule has 1 N–H and O–H groups in total. The van der Waals surface area contributed by atoms with Gasteiger partial charge >= 0.3 is 0 Å². The van der Waals surface area contributed by atoms with Crippen molar-refractivity contribution in [3.05, 3.63) is 29.8 Å². The van der Waals surface area contributed by atoms with Crippen LogP contribution in [-0.4, -0.2) is 43.1 Å². The number of amides is 1. The zero-order valence-corrected chi connectivity index (χ0v) is 11.9. The van der Waals surface area contributed by atoms with Crippen LogP contribution in [0.2, 0.25) is 0 Å². The summed E-state index contributed by atoms with van der Waals surface area (Å²) in [4.78, 5) is 14.4. The van der Waals surface area contributed by atoms with Crippen molar-refractivity contribution in [2.24, 2.45) is 0 Å². The van der Waals surface area contributed by atoms with Gasteiger partial charge in [-0.25, -0.2) is 0 Å². The van der Waals surface area contributed by atoms with Crippen LogP contribution in [0.15, 0.2) is 24.3 Å². The summed E-state index contributed by atoms with van der Waals surface area (Å²) >= 11 is 0. The van der Waals surface area contributed by atoms with Crippen LogP contribution in [0.1, 0.15) is 19.4 Å². The zero-order chi connectivity index (χ0) is 13.9. The van der Waals surface area contributed by atoms with E-state index in [9.17, 15) is 4.79 Å². The average Bonchev–Trinajstić information content (AvgIpc) is 2.38. The molecule has 19 heavy (non-hydrogen) atoms. The number of nitrogens with zero attached hydrogens (tertiary/aromatic N) is 1. The molecule has 0 radical (unpaired) electrons. The van der Waals surface area contributed by atoms with Crippen LogP contribution in [0, 0.1) is 0 Å². The number of carbonyl (C=O) groups is 1. The summed E-state index contributed by atoms with van der Waals surface area (Å²) in [5.74, 6) is 0.977. The first-order chi connectivity index (χ1) is 9.03. The van der Waals surface area contributed by atoms with Crippen molar-refractivity contribution in [1.29, 1.82) is 0 Å². The second-order valence-electron chi connectivity index (χ2n) is 5.56. The molecule has 0 unspecified atom stereocenters. The Bertz CT molecular complexity index is 457. The van der Waals surface area contributed by atoms with Gasteiger partial charge in [-0.3, -0.25) is 4.79 Å². The molecule has 1 aromatic rings. The second kappa shape index (κ2) is 5.61. The van der Waals surface area contributed by atoms with E-state index in [1.54, 1.807) is 7.11 Å². The van der Waals surface area contributed by atoms with Crippen molar-refractivity contribution in [3.63, 3.8) is 0 Å². The minimum Gasteiger partial charge on any atom is -0.497 e. The Balaban J connectivity index is 2.07. The molecule has 0 spiro atoms. The molecule has 0 aromatic heterocycles. The third-order valence-electron chi connectivity index (χ3n) is 3.59. The number of carbonyl (C=O) groups excluding carboxylic acids is 1. The maximum atomic E-state index is 12.4. The minimum absolute atomic E-state index is 0.117. The number of benzene rings is 1. The fourth-order valence-corrected chi connectivity index (χ4v) is 2.50. The average molecular weight is 262 g/mol. The summed E-state index contributed by atoms with van der Waals surface area (Å²) in [5, 5.41) is 3.33. The first-order valence-electron chi connectivity index (χ1n) is 6.67. The van der Waals surface area contributed by atoms with Gasteiger partial charge in [-0.05, 0) is 31.5 Å². The highest BCUT2D eigenvalue weighted by Gasteiger charge is 2.32. The topological polar surface area (TPSA) is 41.6 Å². The standard InChI is InChI=1S/C15H22N2O2/c1-15(2)11-16-7-8-17(15)14(18)10-12-5-4-6-13(9-12)19-3/h4-6,9,16H,7-8,10-11H2,1-3H3. The van der Waals surface area contributed by atoms with E-state index in [0.717, 1.165) is 30.9 Å². The van der Waals surface area contributed by atoms with Gasteiger partial charge in [0.15, 0.2) is 0 Å². The normalized spacial score (nSPS) is 18.2. The highest BCUT2D eigenvalue weighted by molar-refractivity contribution is 5.79. The fourth-order valence-electron chi connectivity index (χ4n) is 2.50. The van der Waals surface area contributed by atoms with Crippen molar-refractivity contribution >= 4 is 5.91 Å². The third-order valence-corrected chi connectivity index (χ3v) is 3.59. The minimum atomic E-state index is -0.117. The summed E-state index contributed by atoms with van der Waals surface area (Å²) in [5.41, 5.74) is 0.882. The summed E-state index contributed by atoms with van der Waals surface area (Å²) < 4.78 is 5.19. The van der Waals surface area contributed by atoms with Crippen LogP contribution in [-0.2, 0) is 11.2 Å². The van der Waals surface area contributed by atoms with E-state index >= 15 is 0 Å². The van der Waals surface area contributed by atoms with E-state index in [1.165, 1.54) is 0 Å². The van der Waals surface area contributed by atoms with Gasteiger partial charge in [0.05, 0.1) is 13.5 Å². The van der Waals surface area contributed by atoms with Gasteiger partial charge in [0.2, 0.25) is 5.91 Å². The van der Waals surface area contributed by atoms with Gasteiger partial charge in [-0.2, -0.15) is 0 Å². The lowest BCUT2D eigenvalue weighted by Gasteiger charge is -2.43. The van der Waals surface area contributed by atoms with Crippen molar-refractivity contribution in [1.82, 2.24) is 10.2 Å². The van der Waals surface area contributed by atoms with Gasteiger partial charge in [0, 0.05) is 25.2 Å². The predicted octanol–water partition coefficient (Wildman–Crippen LogP) is 1.45. The van der Waals surface area contributed by atoms with Crippen molar-refractivity contribution in [2.75, 3.05) is 26.7 Å². The molecule has 1 aromatic carbocycles. The Morgan fingerprint density at radius 2 is 2.26 bits per heavy atom. The lowest BCUT2D eigenvalue weighted by Crippen LogP contribution is -2.60. The molecular formula is C15H22N2O2. The smallest absolute Gasteiger partial charge is 0.227 e. The molecule has 4 nitrogen and oxygen atoms in total. The summed E-state index contributed by atoms with van der Waals surface area (Å²) in [7, 11) is 1.64. The molecular weight excluding hydrogens is 240 g/mol. The number of nitrogens with one attached hydrogen (secondary N) is 1. The van der Waals surface area contributed by atoms with Gasteiger partial charge in [0.25, 0.3) is 0 Å². The van der Waals surface area contributed by atoms with Gasteiger partial charge in [-0.1, -0.05) is 12.1 Å². The maximum Gasteiger partial charge on any atom is 0.227 e. The van der Waals surface area contributed by atoms with Crippen LogP contribution in [0.25, 0.3) is 0 Å². The van der Waals surface area contributed by atoms with Crippen molar-refractivity contribution in [2.45, 2.75) is 25.8 Å². The first-order valence-corrected chi connectivity index (χ1v) is 6.67. The largest absolute Gasteiger partial charge is 0.497 e. The fraction of sp³-hybridized carbons (Fsp3) is 0.533. The number of piperazine rings is 1. The SMILES string of the molecule is COc1cccc(CC(=O)N2CCNCC2(C)C)c1. The third kappa shape index (κ3) is 3.26. The Labute approximate surface area is 114 Å². The predicted molar refractivity (Wildman–Crippen MR) is 75.4 cm³/mol. The molecule has 0 bridgehead atoms. The molecule has 0 aliphatic carbocycles. The van der Waals surface area contributed by atoms with Crippen molar-refractivity contribution < 1.29 is 9.53 Å². The number of ether oxygens (including phenoxy) is 1. The first kappa shape index (κ1) is 13.9. The molecule has 1 aliphatic heterocycles. The number of hydrogen-bond acceptors (Lipinski definition) is 3. The Morgan fingerprint density at radius 1 is 1.47 bits per heavy atom. The second-order valence-corrected chi connectivity index (χ2v) is 5.56. The summed E-state index contributed by atoms with van der Waals surface area (Å²) in [6.07, 6.45) is 0.431. The molecule has 1 saturated heterocycles. The molecule has 0 saturated carbocycles. The van der Waals surface area contributed by atoms with Gasteiger partial charge < -0.3 is 15.0 Å². The molecule has 1 aliphatic rings. The van der Waals surface area contributed by atoms with E-state index in [0.29, 0.717) is 6.42 Å². The van der Waals surface area contributed by atoms with Crippen LogP contribution >= 0.6 is 0 Å². The molecule has 2 rings (SSSR count). The highest BCUT2D eigenvalue weighted by Crippen LogP contribution is 2.19. The number of methoxy groups -OCH3 is 1. The van der Waals surface area contributed by atoms with Crippen LogP contribution < -0.4 is 10.1 Å². The van der Waals surface area contributed by atoms with E-state index < -0.39 is 0 Å². The van der Waals surface area contributed by atoms with Crippen LogP contribution in [0.5, 0.6) is 5.75 Å². The number of hydrogen-bond donors (Lipinski definition) is 1. The maximum absolute atomic E-state index is 12.4. The highest BCUT2D eigenvalue weighted by atomic mass is 16.5. The van der Waals surface area contributed by atoms with E-state index in [4.69, 9.17) is 4.74 Å². The molecule has 1 amide bonds. The number of rotatable bonds is 3. The zero-order valence-electron chi connectivity index (χ0n) is 11.9. The van der Waals surface area contributed by atoms with Crippen molar-refractivity contribution in [3.8, 4) is 5.75 Å². The molecule has 4 heteroatoms. The lowest BCUT2D eigenvalue weighted by atomic mass is 9.99.